The number of ether oxygens (including phenoxy) is 1. The van der Waals surface area contributed by atoms with E-state index in [0.29, 0.717) is 18.0 Å². The van der Waals surface area contributed by atoms with E-state index in [1.54, 1.807) is 25.1 Å². The highest BCUT2D eigenvalue weighted by Gasteiger charge is 2.01. The highest BCUT2D eigenvalue weighted by atomic mass is 16.5. The highest BCUT2D eigenvalue weighted by Crippen LogP contribution is 2.21. The summed E-state index contributed by atoms with van der Waals surface area (Å²) in [5.74, 6) is -0.364. The van der Waals surface area contributed by atoms with Crippen molar-refractivity contribution in [2.75, 3.05) is 18.1 Å². The minimum absolute atomic E-state index is 0.364. The quantitative estimate of drug-likeness (QED) is 0.462. The summed E-state index contributed by atoms with van der Waals surface area (Å²) in [5, 5.41) is 0. The van der Waals surface area contributed by atoms with Crippen molar-refractivity contribution in [3.63, 3.8) is 0 Å². The highest BCUT2D eigenvalue weighted by molar-refractivity contribution is 5.88. The summed E-state index contributed by atoms with van der Waals surface area (Å²) in [5.41, 5.74) is 14.2. The Kier molecular flexibility index (Phi) is 3.94. The molecule has 4 nitrogen and oxygen atoms in total. The fraction of sp³-hybridized carbons (Fsp3) is 0.250. The van der Waals surface area contributed by atoms with E-state index in [4.69, 9.17) is 16.2 Å². The molecule has 0 saturated carbocycles. The van der Waals surface area contributed by atoms with Gasteiger partial charge in [0.15, 0.2) is 0 Å². The number of hydrogen-bond acceptors (Lipinski definition) is 4. The van der Waals surface area contributed by atoms with Gasteiger partial charge in [-0.15, -0.1) is 0 Å². The molecule has 0 unspecified atom stereocenters. The van der Waals surface area contributed by atoms with Gasteiger partial charge in [-0.05, 0) is 43.2 Å². The van der Waals surface area contributed by atoms with Crippen LogP contribution in [0.5, 0.6) is 0 Å². The first kappa shape index (κ1) is 12.1. The molecule has 86 valence electrons. The summed E-state index contributed by atoms with van der Waals surface area (Å²) in [7, 11) is 0. The molecule has 0 saturated heterocycles. The van der Waals surface area contributed by atoms with Crippen molar-refractivity contribution in [2.45, 2.75) is 13.8 Å². The third kappa shape index (κ3) is 3.02. The number of aryl methyl sites for hydroxylation is 1. The van der Waals surface area contributed by atoms with E-state index >= 15 is 0 Å². The predicted octanol–water partition coefficient (Wildman–Crippen LogP) is 1.74. The van der Waals surface area contributed by atoms with E-state index in [0.717, 1.165) is 11.1 Å². The number of rotatable bonds is 3. The number of esters is 1. The first-order valence-electron chi connectivity index (χ1n) is 5.05. The van der Waals surface area contributed by atoms with Crippen molar-refractivity contribution in [3.05, 3.63) is 29.3 Å². The maximum absolute atomic E-state index is 11.1. The number of hydrogen-bond donors (Lipinski definition) is 2. The van der Waals surface area contributed by atoms with Gasteiger partial charge in [-0.3, -0.25) is 0 Å². The number of nitrogens with two attached hydrogens (primary N) is 2. The Bertz CT molecular complexity index is 425. The number of nitrogen functional groups attached to an aromatic ring is 2. The lowest BCUT2D eigenvalue weighted by Gasteiger charge is -2.05. The Labute approximate surface area is 94.9 Å². The van der Waals surface area contributed by atoms with Crippen molar-refractivity contribution >= 4 is 23.4 Å². The third-order valence-electron chi connectivity index (χ3n) is 2.16. The fourth-order valence-corrected chi connectivity index (χ4v) is 1.29. The third-order valence-corrected chi connectivity index (χ3v) is 2.16. The number of benzene rings is 1. The Hall–Kier alpha value is -1.97. The maximum atomic E-state index is 11.1. The maximum Gasteiger partial charge on any atom is 0.330 e. The summed E-state index contributed by atoms with van der Waals surface area (Å²) in [6, 6.07) is 3.51. The standard InChI is InChI=1S/C12H16N2O2/c1-3-16-12(15)5-4-9-7-11(14)10(13)6-8(9)2/h4-7H,3,13-14H2,1-2H3. The van der Waals surface area contributed by atoms with Gasteiger partial charge in [0.05, 0.1) is 18.0 Å². The minimum Gasteiger partial charge on any atom is -0.463 e. The van der Waals surface area contributed by atoms with Crippen LogP contribution in [0.3, 0.4) is 0 Å². The largest absolute Gasteiger partial charge is 0.463 e. The van der Waals surface area contributed by atoms with Gasteiger partial charge < -0.3 is 16.2 Å². The predicted molar refractivity (Wildman–Crippen MR) is 65.7 cm³/mol. The Morgan fingerprint density at radius 2 is 2.00 bits per heavy atom. The van der Waals surface area contributed by atoms with Gasteiger partial charge in [-0.2, -0.15) is 0 Å². The Morgan fingerprint density at radius 1 is 1.38 bits per heavy atom. The van der Waals surface area contributed by atoms with E-state index in [2.05, 4.69) is 0 Å². The van der Waals surface area contributed by atoms with Gasteiger partial charge in [0.25, 0.3) is 0 Å². The number of carbonyl (C=O) groups excluding carboxylic acids is 1. The molecule has 0 fully saturated rings. The molecule has 0 aliphatic rings. The molecule has 4 N–H and O–H groups in total. The molecule has 0 aliphatic heterocycles. The fourth-order valence-electron chi connectivity index (χ4n) is 1.29. The summed E-state index contributed by atoms with van der Waals surface area (Å²) in [6.45, 7) is 4.03. The van der Waals surface area contributed by atoms with Crippen molar-refractivity contribution in [3.8, 4) is 0 Å². The monoisotopic (exact) mass is 220 g/mol. The van der Waals surface area contributed by atoms with Gasteiger partial charge in [0, 0.05) is 6.08 Å². The Morgan fingerprint density at radius 3 is 2.62 bits per heavy atom. The summed E-state index contributed by atoms with van der Waals surface area (Å²) >= 11 is 0. The van der Waals surface area contributed by atoms with Crippen LogP contribution in [0.15, 0.2) is 18.2 Å². The van der Waals surface area contributed by atoms with E-state index in [1.807, 2.05) is 6.92 Å². The van der Waals surface area contributed by atoms with Crippen LogP contribution in [0, 0.1) is 6.92 Å². The molecule has 4 heteroatoms. The zero-order chi connectivity index (χ0) is 12.1. The lowest BCUT2D eigenvalue weighted by Crippen LogP contribution is -1.99. The van der Waals surface area contributed by atoms with Crippen LogP contribution < -0.4 is 11.5 Å². The van der Waals surface area contributed by atoms with Crippen LogP contribution in [0.25, 0.3) is 6.08 Å². The van der Waals surface area contributed by atoms with E-state index in [-0.39, 0.29) is 5.97 Å². The molecule has 1 rings (SSSR count). The first-order chi connectivity index (χ1) is 7.54. The minimum atomic E-state index is -0.364. The topological polar surface area (TPSA) is 78.3 Å². The lowest BCUT2D eigenvalue weighted by atomic mass is 10.1. The van der Waals surface area contributed by atoms with Crippen molar-refractivity contribution in [1.82, 2.24) is 0 Å². The van der Waals surface area contributed by atoms with Gasteiger partial charge in [0.2, 0.25) is 0 Å². The van der Waals surface area contributed by atoms with Gasteiger partial charge in [-0.25, -0.2) is 4.79 Å². The first-order valence-corrected chi connectivity index (χ1v) is 5.05. The zero-order valence-electron chi connectivity index (χ0n) is 9.49. The van der Waals surface area contributed by atoms with Crippen LogP contribution in [0.2, 0.25) is 0 Å². The zero-order valence-corrected chi connectivity index (χ0v) is 9.49. The van der Waals surface area contributed by atoms with Crippen molar-refractivity contribution in [1.29, 1.82) is 0 Å². The number of anilines is 2. The van der Waals surface area contributed by atoms with Crippen molar-refractivity contribution < 1.29 is 9.53 Å². The molecule has 0 atom stereocenters. The molecule has 1 aromatic carbocycles. The normalized spacial score (nSPS) is 10.6. The SMILES string of the molecule is CCOC(=O)C=Cc1cc(N)c(N)cc1C. The molecule has 1 aromatic rings. The molecule has 0 heterocycles. The number of carbonyl (C=O) groups is 1. The summed E-state index contributed by atoms with van der Waals surface area (Å²) < 4.78 is 4.78. The molecule has 0 aliphatic carbocycles. The summed E-state index contributed by atoms with van der Waals surface area (Å²) in [6.07, 6.45) is 3.05. The van der Waals surface area contributed by atoms with Gasteiger partial charge >= 0.3 is 5.97 Å². The van der Waals surface area contributed by atoms with Crippen LogP contribution in [-0.4, -0.2) is 12.6 Å². The van der Waals surface area contributed by atoms with Gasteiger partial charge in [0.1, 0.15) is 0 Å². The van der Waals surface area contributed by atoms with Crippen LogP contribution in [-0.2, 0) is 9.53 Å². The average Bonchev–Trinajstić information content (AvgIpc) is 2.22. The molecule has 0 radical (unpaired) electrons. The van der Waals surface area contributed by atoms with E-state index < -0.39 is 0 Å². The van der Waals surface area contributed by atoms with Crippen LogP contribution in [0.4, 0.5) is 11.4 Å². The molecule has 0 aromatic heterocycles. The summed E-state index contributed by atoms with van der Waals surface area (Å²) in [4.78, 5) is 11.1. The lowest BCUT2D eigenvalue weighted by molar-refractivity contribution is -0.137. The smallest absolute Gasteiger partial charge is 0.330 e. The molecular weight excluding hydrogens is 204 g/mol. The second-order valence-electron chi connectivity index (χ2n) is 3.42. The second kappa shape index (κ2) is 5.21. The Balaban J connectivity index is 2.89. The van der Waals surface area contributed by atoms with Crippen LogP contribution >= 0.6 is 0 Å². The van der Waals surface area contributed by atoms with Gasteiger partial charge in [-0.1, -0.05) is 0 Å². The van der Waals surface area contributed by atoms with E-state index in [1.165, 1.54) is 6.08 Å². The molecule has 16 heavy (non-hydrogen) atoms. The van der Waals surface area contributed by atoms with Crippen molar-refractivity contribution in [2.24, 2.45) is 0 Å². The molecular formula is C12H16N2O2. The molecule has 0 amide bonds. The molecule has 0 spiro atoms. The molecule has 0 bridgehead atoms. The second-order valence-corrected chi connectivity index (χ2v) is 3.42. The average molecular weight is 220 g/mol. The van der Waals surface area contributed by atoms with E-state index in [9.17, 15) is 4.79 Å². The van der Waals surface area contributed by atoms with Crippen LogP contribution in [0.1, 0.15) is 18.1 Å².